The molecule has 1 amide bonds. The minimum absolute atomic E-state index is 0.136. The molecule has 38 heavy (non-hydrogen) atoms. The molecule has 1 heterocycles. The van der Waals surface area contributed by atoms with Gasteiger partial charge in [0.1, 0.15) is 24.7 Å². The molecule has 190 valence electrons. The molecule has 0 bridgehead atoms. The van der Waals surface area contributed by atoms with E-state index in [1.807, 2.05) is 103 Å². The van der Waals surface area contributed by atoms with E-state index in [9.17, 15) is 4.79 Å². The van der Waals surface area contributed by atoms with E-state index in [4.69, 9.17) is 9.47 Å². The molecule has 0 aliphatic carbocycles. The average molecular weight is 503 g/mol. The van der Waals surface area contributed by atoms with Gasteiger partial charge in [-0.2, -0.15) is 0 Å². The number of aromatic nitrogens is 1. The van der Waals surface area contributed by atoms with Crippen molar-refractivity contribution in [1.82, 2.24) is 4.98 Å². The van der Waals surface area contributed by atoms with E-state index in [1.165, 1.54) is 0 Å². The first-order chi connectivity index (χ1) is 18.6. The SMILES string of the molecule is CC(C)c1cc(C(=O)Nc2cccc3ncccc23)c(OCc2ccccc2)cc1OCc1ccccc1. The van der Waals surface area contributed by atoms with Crippen molar-refractivity contribution in [3.8, 4) is 11.5 Å². The number of benzene rings is 4. The highest BCUT2D eigenvalue weighted by Gasteiger charge is 2.21. The lowest BCUT2D eigenvalue weighted by Crippen LogP contribution is -2.15. The van der Waals surface area contributed by atoms with E-state index >= 15 is 0 Å². The van der Waals surface area contributed by atoms with Gasteiger partial charge in [-0.3, -0.25) is 9.78 Å². The van der Waals surface area contributed by atoms with Crippen molar-refractivity contribution in [3.05, 3.63) is 132 Å². The molecule has 0 saturated heterocycles. The Hall–Kier alpha value is -4.64. The monoisotopic (exact) mass is 502 g/mol. The fraction of sp³-hybridized carbons (Fsp3) is 0.152. The lowest BCUT2D eigenvalue weighted by atomic mass is 9.98. The summed E-state index contributed by atoms with van der Waals surface area (Å²) in [6.07, 6.45) is 1.74. The van der Waals surface area contributed by atoms with Crippen LogP contribution in [0.1, 0.15) is 46.8 Å². The Labute approximate surface area is 223 Å². The zero-order chi connectivity index (χ0) is 26.3. The Morgan fingerprint density at radius 2 is 1.42 bits per heavy atom. The molecule has 5 heteroatoms. The first-order valence-corrected chi connectivity index (χ1v) is 12.7. The van der Waals surface area contributed by atoms with Crippen LogP contribution in [0.5, 0.6) is 11.5 Å². The summed E-state index contributed by atoms with van der Waals surface area (Å²) in [5, 5.41) is 3.96. The number of nitrogens with one attached hydrogen (secondary N) is 1. The third-order valence-electron chi connectivity index (χ3n) is 6.35. The van der Waals surface area contributed by atoms with Gasteiger partial charge in [0, 0.05) is 17.6 Å². The molecule has 0 spiro atoms. The van der Waals surface area contributed by atoms with Gasteiger partial charge < -0.3 is 14.8 Å². The van der Waals surface area contributed by atoms with Crippen LogP contribution in [-0.4, -0.2) is 10.9 Å². The fourth-order valence-electron chi connectivity index (χ4n) is 4.32. The third-order valence-corrected chi connectivity index (χ3v) is 6.35. The zero-order valence-corrected chi connectivity index (χ0v) is 21.6. The van der Waals surface area contributed by atoms with Crippen molar-refractivity contribution in [1.29, 1.82) is 0 Å². The molecule has 5 rings (SSSR count). The summed E-state index contributed by atoms with van der Waals surface area (Å²) in [7, 11) is 0. The average Bonchev–Trinajstić information content (AvgIpc) is 2.96. The topological polar surface area (TPSA) is 60.5 Å². The predicted octanol–water partition coefficient (Wildman–Crippen LogP) is 7.77. The van der Waals surface area contributed by atoms with Crippen molar-refractivity contribution < 1.29 is 14.3 Å². The number of fused-ring (bicyclic) bond motifs is 1. The van der Waals surface area contributed by atoms with Crippen LogP contribution >= 0.6 is 0 Å². The summed E-state index contributed by atoms with van der Waals surface area (Å²) >= 11 is 0. The maximum atomic E-state index is 13.7. The van der Waals surface area contributed by atoms with Crippen LogP contribution in [0.2, 0.25) is 0 Å². The van der Waals surface area contributed by atoms with Gasteiger partial charge in [-0.05, 0) is 52.9 Å². The number of anilines is 1. The van der Waals surface area contributed by atoms with Gasteiger partial charge in [-0.25, -0.2) is 0 Å². The van der Waals surface area contributed by atoms with Crippen molar-refractivity contribution in [2.45, 2.75) is 33.0 Å². The quantitative estimate of drug-likeness (QED) is 0.224. The molecule has 0 radical (unpaired) electrons. The van der Waals surface area contributed by atoms with Crippen molar-refractivity contribution in [3.63, 3.8) is 0 Å². The Morgan fingerprint density at radius 1 is 0.763 bits per heavy atom. The van der Waals surface area contributed by atoms with Gasteiger partial charge in [0.05, 0.1) is 16.8 Å². The first kappa shape index (κ1) is 25.0. The highest BCUT2D eigenvalue weighted by Crippen LogP contribution is 2.36. The van der Waals surface area contributed by atoms with E-state index in [0.29, 0.717) is 36.0 Å². The molecular formula is C33H30N2O3. The Bertz CT molecular complexity index is 1530. The molecule has 0 unspecified atom stereocenters. The molecule has 0 aliphatic heterocycles. The summed E-state index contributed by atoms with van der Waals surface area (Å²) in [5.74, 6) is 1.06. The maximum Gasteiger partial charge on any atom is 0.259 e. The molecule has 0 saturated carbocycles. The van der Waals surface area contributed by atoms with E-state index < -0.39 is 0 Å². The molecule has 1 N–H and O–H groups in total. The lowest BCUT2D eigenvalue weighted by molar-refractivity contribution is 0.102. The van der Waals surface area contributed by atoms with Gasteiger partial charge in [0.15, 0.2) is 0 Å². The molecule has 0 aliphatic rings. The Kier molecular flexibility index (Phi) is 7.65. The second kappa shape index (κ2) is 11.6. The maximum absolute atomic E-state index is 13.7. The van der Waals surface area contributed by atoms with Gasteiger partial charge in [-0.1, -0.05) is 80.6 Å². The molecule has 4 aromatic carbocycles. The summed E-state index contributed by atoms with van der Waals surface area (Å²) in [6.45, 7) is 4.94. The summed E-state index contributed by atoms with van der Waals surface area (Å²) in [5.41, 5.74) is 5.00. The molecule has 0 atom stereocenters. The smallest absolute Gasteiger partial charge is 0.259 e. The van der Waals surface area contributed by atoms with Crippen LogP contribution in [0.25, 0.3) is 10.9 Å². The molecule has 5 nitrogen and oxygen atoms in total. The summed E-state index contributed by atoms with van der Waals surface area (Å²) < 4.78 is 12.5. The molecular weight excluding hydrogens is 472 g/mol. The standard InChI is InChI=1S/C33H30N2O3/c1-23(2)27-19-28(33(36)35-30-17-9-16-29-26(30)15-10-18-34-29)32(38-22-25-13-7-4-8-14-25)20-31(27)37-21-24-11-5-3-6-12-24/h3-20,23H,21-22H2,1-2H3,(H,35,36). The number of carbonyl (C=O) groups excluding carboxylic acids is 1. The minimum Gasteiger partial charge on any atom is -0.488 e. The van der Waals surface area contributed by atoms with Gasteiger partial charge in [0.2, 0.25) is 0 Å². The largest absolute Gasteiger partial charge is 0.488 e. The van der Waals surface area contributed by atoms with Crippen LogP contribution in [0.3, 0.4) is 0 Å². The summed E-state index contributed by atoms with van der Waals surface area (Å²) in [6, 6.07) is 33.2. The van der Waals surface area contributed by atoms with Crippen LogP contribution in [0.4, 0.5) is 5.69 Å². The number of nitrogens with zero attached hydrogens (tertiary/aromatic N) is 1. The second-order valence-electron chi connectivity index (χ2n) is 9.42. The van der Waals surface area contributed by atoms with Crippen molar-refractivity contribution >= 4 is 22.5 Å². The highest BCUT2D eigenvalue weighted by molar-refractivity contribution is 6.10. The number of hydrogen-bond donors (Lipinski definition) is 1. The summed E-state index contributed by atoms with van der Waals surface area (Å²) in [4.78, 5) is 18.1. The first-order valence-electron chi connectivity index (χ1n) is 12.7. The Morgan fingerprint density at radius 3 is 2.08 bits per heavy atom. The van der Waals surface area contributed by atoms with Crippen LogP contribution in [-0.2, 0) is 13.2 Å². The van der Waals surface area contributed by atoms with Gasteiger partial charge >= 0.3 is 0 Å². The van der Waals surface area contributed by atoms with E-state index in [-0.39, 0.29) is 11.8 Å². The number of amides is 1. The van der Waals surface area contributed by atoms with Crippen molar-refractivity contribution in [2.24, 2.45) is 0 Å². The number of ether oxygens (including phenoxy) is 2. The van der Waals surface area contributed by atoms with Crippen LogP contribution in [0.15, 0.2) is 109 Å². The lowest BCUT2D eigenvalue weighted by Gasteiger charge is -2.20. The van der Waals surface area contributed by atoms with E-state index in [1.54, 1.807) is 6.20 Å². The Balaban J connectivity index is 1.50. The van der Waals surface area contributed by atoms with Crippen LogP contribution < -0.4 is 14.8 Å². The number of carbonyl (C=O) groups is 1. The number of hydrogen-bond acceptors (Lipinski definition) is 4. The van der Waals surface area contributed by atoms with Gasteiger partial charge in [0.25, 0.3) is 5.91 Å². The number of rotatable bonds is 9. The highest BCUT2D eigenvalue weighted by atomic mass is 16.5. The second-order valence-corrected chi connectivity index (χ2v) is 9.42. The molecule has 5 aromatic rings. The normalized spacial score (nSPS) is 10.9. The van der Waals surface area contributed by atoms with E-state index in [0.717, 1.165) is 27.6 Å². The predicted molar refractivity (Wildman–Crippen MR) is 152 cm³/mol. The van der Waals surface area contributed by atoms with Gasteiger partial charge in [-0.15, -0.1) is 0 Å². The molecule has 0 fully saturated rings. The number of pyridine rings is 1. The van der Waals surface area contributed by atoms with Crippen molar-refractivity contribution in [2.75, 3.05) is 5.32 Å². The zero-order valence-electron chi connectivity index (χ0n) is 21.6. The third kappa shape index (κ3) is 5.84. The van der Waals surface area contributed by atoms with Crippen LogP contribution in [0, 0.1) is 0 Å². The minimum atomic E-state index is -0.249. The molecule has 1 aromatic heterocycles. The fourth-order valence-corrected chi connectivity index (χ4v) is 4.32. The van der Waals surface area contributed by atoms with E-state index in [2.05, 4.69) is 24.1 Å².